The summed E-state index contributed by atoms with van der Waals surface area (Å²) in [6.07, 6.45) is -3.53. The van der Waals surface area contributed by atoms with E-state index in [4.69, 9.17) is 5.11 Å². The highest BCUT2D eigenvalue weighted by Gasteiger charge is 2.33. The largest absolute Gasteiger partial charge is 0.416 e. The van der Waals surface area contributed by atoms with Crippen LogP contribution >= 0.6 is 11.8 Å². The van der Waals surface area contributed by atoms with Crippen molar-refractivity contribution in [2.75, 3.05) is 50.9 Å². The molecule has 0 unspecified atom stereocenters. The number of halogens is 3. The van der Waals surface area contributed by atoms with Gasteiger partial charge in [-0.3, -0.25) is 4.90 Å². The van der Waals surface area contributed by atoms with Crippen molar-refractivity contribution in [2.24, 2.45) is 0 Å². The molecule has 0 bridgehead atoms. The van der Waals surface area contributed by atoms with Crippen molar-refractivity contribution in [2.45, 2.75) is 22.4 Å². The minimum absolute atomic E-state index is 0.124. The van der Waals surface area contributed by atoms with E-state index >= 15 is 0 Å². The van der Waals surface area contributed by atoms with Crippen LogP contribution in [-0.2, 0) is 6.18 Å². The standard InChI is InChI=1S/C21H25F3N4OS/c22-21(23,24)16-6-7-20-18(14-16)28(17-4-1-2-5-19(17)30-20)9-3-8-26-10-11-27(12-13-29)25-15-26/h1-2,4-7,14,25,29H,3,8-13,15H2. The minimum atomic E-state index is -4.36. The van der Waals surface area contributed by atoms with E-state index in [1.54, 1.807) is 6.07 Å². The molecule has 0 aliphatic carbocycles. The zero-order valence-corrected chi connectivity index (χ0v) is 17.3. The highest BCUT2D eigenvalue weighted by molar-refractivity contribution is 7.99. The number of anilines is 2. The van der Waals surface area contributed by atoms with Crippen LogP contribution in [0.4, 0.5) is 24.5 Å². The van der Waals surface area contributed by atoms with Gasteiger partial charge in [0.05, 0.1) is 30.2 Å². The molecule has 1 saturated heterocycles. The molecule has 2 heterocycles. The van der Waals surface area contributed by atoms with Gasteiger partial charge in [0.25, 0.3) is 0 Å². The number of rotatable bonds is 6. The zero-order chi connectivity index (χ0) is 21.1. The van der Waals surface area contributed by atoms with E-state index in [0.29, 0.717) is 25.4 Å². The van der Waals surface area contributed by atoms with Crippen LogP contribution in [0, 0.1) is 0 Å². The van der Waals surface area contributed by atoms with Crippen molar-refractivity contribution in [3.63, 3.8) is 0 Å². The van der Waals surface area contributed by atoms with Crippen LogP contribution < -0.4 is 10.3 Å². The third-order valence-corrected chi connectivity index (χ3v) is 6.51. The second-order valence-corrected chi connectivity index (χ2v) is 8.48. The molecule has 2 aliphatic rings. The summed E-state index contributed by atoms with van der Waals surface area (Å²) >= 11 is 1.52. The second-order valence-electron chi connectivity index (χ2n) is 7.40. The molecule has 9 heteroatoms. The number of nitrogens with zero attached hydrogens (tertiary/aromatic N) is 3. The summed E-state index contributed by atoms with van der Waals surface area (Å²) in [6.45, 7) is 4.66. The lowest BCUT2D eigenvalue weighted by Crippen LogP contribution is -2.55. The van der Waals surface area contributed by atoms with Gasteiger partial charge in [0.1, 0.15) is 0 Å². The number of benzene rings is 2. The van der Waals surface area contributed by atoms with Gasteiger partial charge >= 0.3 is 6.18 Å². The van der Waals surface area contributed by atoms with Crippen LogP contribution in [-0.4, -0.2) is 61.0 Å². The highest BCUT2D eigenvalue weighted by Crippen LogP contribution is 2.49. The molecule has 2 aliphatic heterocycles. The zero-order valence-electron chi connectivity index (χ0n) is 16.5. The molecule has 2 N–H and O–H groups in total. The van der Waals surface area contributed by atoms with Crippen molar-refractivity contribution < 1.29 is 18.3 Å². The van der Waals surface area contributed by atoms with Crippen LogP contribution in [0.5, 0.6) is 0 Å². The lowest BCUT2D eigenvalue weighted by molar-refractivity contribution is -0.137. The van der Waals surface area contributed by atoms with E-state index in [0.717, 1.165) is 47.6 Å². The Morgan fingerprint density at radius 3 is 2.50 bits per heavy atom. The molecule has 4 rings (SSSR count). The number of aliphatic hydroxyl groups is 1. The molecule has 0 aromatic heterocycles. The van der Waals surface area contributed by atoms with E-state index in [2.05, 4.69) is 10.3 Å². The fourth-order valence-electron chi connectivity index (χ4n) is 3.82. The van der Waals surface area contributed by atoms with Crippen molar-refractivity contribution >= 4 is 23.1 Å². The summed E-state index contributed by atoms with van der Waals surface area (Å²) in [5.74, 6) is 0. The van der Waals surface area contributed by atoms with E-state index in [1.165, 1.54) is 17.8 Å². The average molecular weight is 439 g/mol. The summed E-state index contributed by atoms with van der Waals surface area (Å²) in [5, 5.41) is 11.0. The first-order chi connectivity index (χ1) is 14.5. The van der Waals surface area contributed by atoms with E-state index < -0.39 is 11.7 Å². The van der Waals surface area contributed by atoms with Gasteiger partial charge in [-0.1, -0.05) is 23.9 Å². The number of nitrogens with one attached hydrogen (secondary N) is 1. The quantitative estimate of drug-likeness (QED) is 0.716. The van der Waals surface area contributed by atoms with Gasteiger partial charge in [0, 0.05) is 42.5 Å². The molecule has 0 spiro atoms. The first-order valence-electron chi connectivity index (χ1n) is 10.0. The van der Waals surface area contributed by atoms with Crippen LogP contribution in [0.3, 0.4) is 0 Å². The molecule has 0 saturated carbocycles. The van der Waals surface area contributed by atoms with Gasteiger partial charge in [-0.25, -0.2) is 10.4 Å². The van der Waals surface area contributed by atoms with Gasteiger partial charge in [-0.2, -0.15) is 13.2 Å². The number of β-amino-alcohol motifs (C(OH)–C–C–N with tert-alkyl or cyclic N) is 1. The Bertz CT molecular complexity index is 872. The fourth-order valence-corrected chi connectivity index (χ4v) is 4.90. The maximum atomic E-state index is 13.3. The van der Waals surface area contributed by atoms with Gasteiger partial charge in [0.15, 0.2) is 0 Å². The Kier molecular flexibility index (Phi) is 6.54. The lowest BCUT2D eigenvalue weighted by Gasteiger charge is -2.36. The van der Waals surface area contributed by atoms with E-state index in [9.17, 15) is 13.2 Å². The highest BCUT2D eigenvalue weighted by atomic mass is 32.2. The Labute approximate surface area is 178 Å². The topological polar surface area (TPSA) is 42.0 Å². The van der Waals surface area contributed by atoms with Crippen LogP contribution in [0.2, 0.25) is 0 Å². The summed E-state index contributed by atoms with van der Waals surface area (Å²) in [4.78, 5) is 6.21. The van der Waals surface area contributed by atoms with Gasteiger partial charge in [-0.05, 0) is 36.8 Å². The smallest absolute Gasteiger partial charge is 0.395 e. The maximum Gasteiger partial charge on any atom is 0.416 e. The number of para-hydroxylation sites is 1. The molecule has 2 aromatic rings. The van der Waals surface area contributed by atoms with Gasteiger partial charge < -0.3 is 10.0 Å². The van der Waals surface area contributed by atoms with Crippen LogP contribution in [0.25, 0.3) is 0 Å². The first-order valence-corrected chi connectivity index (χ1v) is 10.8. The Morgan fingerprint density at radius 1 is 0.967 bits per heavy atom. The number of hydrogen-bond donors (Lipinski definition) is 2. The third kappa shape index (κ3) is 4.76. The molecule has 162 valence electrons. The normalized spacial score (nSPS) is 17.7. The monoisotopic (exact) mass is 438 g/mol. The van der Waals surface area contributed by atoms with Gasteiger partial charge in [0.2, 0.25) is 0 Å². The van der Waals surface area contributed by atoms with Crippen molar-refractivity contribution in [3.8, 4) is 0 Å². The fraction of sp³-hybridized carbons (Fsp3) is 0.429. The van der Waals surface area contributed by atoms with Crippen LogP contribution in [0.15, 0.2) is 52.3 Å². The van der Waals surface area contributed by atoms with Crippen LogP contribution in [0.1, 0.15) is 12.0 Å². The molecular formula is C21H25F3N4OS. The summed E-state index contributed by atoms with van der Waals surface area (Å²) < 4.78 is 39.9. The van der Waals surface area contributed by atoms with Gasteiger partial charge in [-0.15, -0.1) is 0 Å². The Morgan fingerprint density at radius 2 is 1.77 bits per heavy atom. The average Bonchev–Trinajstić information content (AvgIpc) is 2.73. The predicted molar refractivity (Wildman–Crippen MR) is 112 cm³/mol. The lowest BCUT2D eigenvalue weighted by atomic mass is 10.1. The summed E-state index contributed by atoms with van der Waals surface area (Å²) in [6, 6.07) is 11.9. The first kappa shape index (κ1) is 21.5. The number of hydrazine groups is 1. The molecule has 0 radical (unpaired) electrons. The minimum Gasteiger partial charge on any atom is -0.395 e. The van der Waals surface area contributed by atoms with Crippen molar-refractivity contribution in [1.82, 2.24) is 15.3 Å². The number of fused-ring (bicyclic) bond motifs is 2. The SMILES string of the molecule is OCCN1CCN(CCCN2c3ccccc3Sc3ccc(C(F)(F)F)cc32)CN1. The van der Waals surface area contributed by atoms with E-state index in [-0.39, 0.29) is 6.61 Å². The molecule has 1 fully saturated rings. The predicted octanol–water partition coefficient (Wildman–Crippen LogP) is 3.77. The molecule has 5 nitrogen and oxygen atoms in total. The number of aliphatic hydroxyl groups excluding tert-OH is 1. The molecule has 2 aromatic carbocycles. The molecule has 30 heavy (non-hydrogen) atoms. The second kappa shape index (κ2) is 9.15. The number of hydrogen-bond acceptors (Lipinski definition) is 6. The Balaban J connectivity index is 1.47. The molecular weight excluding hydrogens is 413 g/mol. The van der Waals surface area contributed by atoms with Crippen molar-refractivity contribution in [3.05, 3.63) is 48.0 Å². The Hall–Kier alpha value is -1.78. The summed E-state index contributed by atoms with van der Waals surface area (Å²) in [7, 11) is 0. The number of alkyl halides is 3. The molecule has 0 amide bonds. The summed E-state index contributed by atoms with van der Waals surface area (Å²) in [5.41, 5.74) is 4.24. The molecule has 0 atom stereocenters. The third-order valence-electron chi connectivity index (χ3n) is 5.38. The van der Waals surface area contributed by atoms with E-state index in [1.807, 2.05) is 34.2 Å². The van der Waals surface area contributed by atoms with Crippen molar-refractivity contribution in [1.29, 1.82) is 0 Å². The maximum absolute atomic E-state index is 13.3.